The van der Waals surface area contributed by atoms with Gasteiger partial charge in [0.2, 0.25) is 15.8 Å². The fourth-order valence-electron chi connectivity index (χ4n) is 0.919. The Kier molecular flexibility index (Phi) is 3.82. The first-order chi connectivity index (χ1) is 7.85. The van der Waals surface area contributed by atoms with Crippen LogP contribution in [0.15, 0.2) is 12.1 Å². The van der Waals surface area contributed by atoms with Crippen LogP contribution in [-0.2, 0) is 10.0 Å². The van der Waals surface area contributed by atoms with Crippen molar-refractivity contribution < 1.29 is 13.3 Å². The summed E-state index contributed by atoms with van der Waals surface area (Å²) in [5, 5.41) is 18.8. The summed E-state index contributed by atoms with van der Waals surface area (Å²) in [6.07, 6.45) is 0. The first kappa shape index (κ1) is 13.1. The summed E-state index contributed by atoms with van der Waals surface area (Å²) < 4.78 is 24.3. The predicted molar refractivity (Wildman–Crippen MR) is 58.9 cm³/mol. The summed E-state index contributed by atoms with van der Waals surface area (Å²) in [6.45, 7) is 0. The van der Waals surface area contributed by atoms with E-state index in [1.54, 1.807) is 0 Å². The quantitative estimate of drug-likeness (QED) is 0.495. The highest BCUT2D eigenvalue weighted by atomic mass is 35.5. The van der Waals surface area contributed by atoms with Crippen molar-refractivity contribution in [2.75, 3.05) is 10.5 Å². The van der Waals surface area contributed by atoms with E-state index < -0.39 is 32.2 Å². The van der Waals surface area contributed by atoms with Crippen molar-refractivity contribution >= 4 is 33.1 Å². The summed E-state index contributed by atoms with van der Waals surface area (Å²) in [7, 11) is -3.99. The molecule has 1 aromatic rings. The van der Waals surface area contributed by atoms with E-state index in [4.69, 9.17) is 16.9 Å². The van der Waals surface area contributed by atoms with Crippen LogP contribution in [0.2, 0.25) is 5.15 Å². The molecule has 0 atom stereocenters. The third-order valence-corrected chi connectivity index (χ3v) is 2.77. The van der Waals surface area contributed by atoms with Gasteiger partial charge >= 0.3 is 5.69 Å². The molecule has 1 rings (SSSR count). The molecule has 0 saturated carbocycles. The molecule has 1 heterocycles. The van der Waals surface area contributed by atoms with Crippen LogP contribution >= 0.6 is 11.6 Å². The molecule has 0 bridgehead atoms. The number of hydrogen-bond acceptors (Lipinski definition) is 6. The van der Waals surface area contributed by atoms with Crippen LogP contribution in [0.1, 0.15) is 0 Å². The van der Waals surface area contributed by atoms with E-state index in [0.29, 0.717) is 0 Å². The molecular formula is C7H5ClN4O4S. The fourth-order valence-corrected chi connectivity index (χ4v) is 1.75. The lowest BCUT2D eigenvalue weighted by Gasteiger charge is -2.04. The Morgan fingerprint density at radius 1 is 1.59 bits per heavy atom. The fraction of sp³-hybridized carbons (Fsp3) is 0.143. The number of nitriles is 1. The lowest BCUT2D eigenvalue weighted by Crippen LogP contribution is -2.17. The molecule has 8 nitrogen and oxygen atoms in total. The van der Waals surface area contributed by atoms with Gasteiger partial charge in [0.15, 0.2) is 5.75 Å². The highest BCUT2D eigenvalue weighted by Crippen LogP contribution is 2.24. The van der Waals surface area contributed by atoms with Crippen LogP contribution in [0.3, 0.4) is 0 Å². The number of pyridine rings is 1. The van der Waals surface area contributed by atoms with Crippen molar-refractivity contribution in [3.8, 4) is 6.07 Å². The van der Waals surface area contributed by atoms with Gasteiger partial charge in [0.25, 0.3) is 0 Å². The number of rotatable bonds is 4. The monoisotopic (exact) mass is 276 g/mol. The number of hydrogen-bond donors (Lipinski definition) is 1. The van der Waals surface area contributed by atoms with Crippen molar-refractivity contribution in [3.05, 3.63) is 27.4 Å². The molecule has 0 unspecified atom stereocenters. The van der Waals surface area contributed by atoms with Crippen molar-refractivity contribution in [2.24, 2.45) is 0 Å². The number of nitro groups is 1. The average molecular weight is 277 g/mol. The van der Waals surface area contributed by atoms with E-state index in [1.807, 2.05) is 4.72 Å². The maximum absolute atomic E-state index is 11.2. The minimum Gasteiger partial charge on any atom is -0.261 e. The summed E-state index contributed by atoms with van der Waals surface area (Å²) in [5.41, 5.74) is -0.545. The maximum atomic E-state index is 11.2. The Labute approximate surface area is 101 Å². The Morgan fingerprint density at radius 3 is 2.76 bits per heavy atom. The zero-order valence-electron chi connectivity index (χ0n) is 8.12. The predicted octanol–water partition coefficient (Wildman–Crippen LogP) is 0.908. The molecule has 0 aliphatic carbocycles. The average Bonchev–Trinajstić information content (AvgIpc) is 2.15. The summed E-state index contributed by atoms with van der Waals surface area (Å²) in [5.74, 6) is -1.35. The van der Waals surface area contributed by atoms with Crippen molar-refractivity contribution in [1.29, 1.82) is 5.26 Å². The Balaban J connectivity index is 3.18. The Bertz CT molecular complexity index is 594. The van der Waals surface area contributed by atoms with E-state index in [9.17, 15) is 18.5 Å². The topological polar surface area (TPSA) is 126 Å². The molecule has 0 amide bonds. The lowest BCUT2D eigenvalue weighted by atomic mass is 10.4. The Hall–Kier alpha value is -1.92. The van der Waals surface area contributed by atoms with Crippen LogP contribution < -0.4 is 4.72 Å². The van der Waals surface area contributed by atoms with Gasteiger partial charge in [0.1, 0.15) is 5.15 Å². The molecule has 0 saturated heterocycles. The molecule has 1 aromatic heterocycles. The van der Waals surface area contributed by atoms with Crippen molar-refractivity contribution in [2.45, 2.75) is 0 Å². The molecule has 10 heteroatoms. The summed E-state index contributed by atoms with van der Waals surface area (Å²) in [6, 6.07) is 3.58. The highest BCUT2D eigenvalue weighted by Gasteiger charge is 2.20. The van der Waals surface area contributed by atoms with E-state index in [-0.39, 0.29) is 5.15 Å². The molecule has 0 spiro atoms. The van der Waals surface area contributed by atoms with Crippen LogP contribution in [-0.4, -0.2) is 24.1 Å². The molecular weight excluding hydrogens is 272 g/mol. The number of halogens is 1. The second-order valence-corrected chi connectivity index (χ2v) is 4.89. The van der Waals surface area contributed by atoms with Crippen molar-refractivity contribution in [3.63, 3.8) is 0 Å². The van der Waals surface area contributed by atoms with Crippen LogP contribution in [0, 0.1) is 21.4 Å². The van der Waals surface area contributed by atoms with Gasteiger partial charge in [-0.2, -0.15) is 5.26 Å². The molecule has 0 radical (unpaired) electrons. The largest absolute Gasteiger partial charge is 0.312 e. The van der Waals surface area contributed by atoms with Crippen LogP contribution in [0.5, 0.6) is 0 Å². The van der Waals surface area contributed by atoms with Gasteiger partial charge in [-0.25, -0.2) is 13.4 Å². The summed E-state index contributed by atoms with van der Waals surface area (Å²) >= 11 is 5.49. The zero-order chi connectivity index (χ0) is 13.1. The zero-order valence-corrected chi connectivity index (χ0v) is 9.70. The van der Waals surface area contributed by atoms with E-state index in [1.165, 1.54) is 6.07 Å². The van der Waals surface area contributed by atoms with Crippen molar-refractivity contribution in [1.82, 2.24) is 4.98 Å². The molecule has 0 aliphatic heterocycles. The Morgan fingerprint density at radius 2 is 2.24 bits per heavy atom. The number of anilines is 1. The minimum atomic E-state index is -3.99. The van der Waals surface area contributed by atoms with Gasteiger partial charge in [-0.05, 0) is 6.07 Å². The second-order valence-electron chi connectivity index (χ2n) is 2.78. The third-order valence-electron chi connectivity index (χ3n) is 1.54. The first-order valence-corrected chi connectivity index (χ1v) is 6.07. The number of sulfonamides is 1. The van der Waals surface area contributed by atoms with Gasteiger partial charge < -0.3 is 0 Å². The minimum absolute atomic E-state index is 0.106. The van der Waals surface area contributed by atoms with Gasteiger partial charge in [-0.3, -0.25) is 14.8 Å². The molecule has 1 N–H and O–H groups in total. The molecule has 0 fully saturated rings. The van der Waals surface area contributed by atoms with Gasteiger partial charge in [0.05, 0.1) is 11.0 Å². The number of nitrogens with zero attached hydrogens (tertiary/aromatic N) is 3. The SMILES string of the molecule is N#CCS(=O)(=O)Nc1nc(Cl)ccc1[N+](=O)[O-]. The molecule has 17 heavy (non-hydrogen) atoms. The highest BCUT2D eigenvalue weighted by molar-refractivity contribution is 7.92. The third kappa shape index (κ3) is 3.54. The number of nitrogens with one attached hydrogen (secondary N) is 1. The number of aromatic nitrogens is 1. The van der Waals surface area contributed by atoms with E-state index in [2.05, 4.69) is 4.98 Å². The lowest BCUT2D eigenvalue weighted by molar-refractivity contribution is -0.384. The van der Waals surface area contributed by atoms with Gasteiger partial charge in [0, 0.05) is 6.07 Å². The van der Waals surface area contributed by atoms with E-state index >= 15 is 0 Å². The standard InChI is InChI=1S/C7H5ClN4O4S/c8-6-2-1-5(12(13)14)7(10-6)11-17(15,16)4-3-9/h1-2H,4H2,(H,10,11). The van der Waals surface area contributed by atoms with E-state index in [0.717, 1.165) is 12.1 Å². The van der Waals surface area contributed by atoms with Gasteiger partial charge in [-0.15, -0.1) is 0 Å². The summed E-state index contributed by atoms with van der Waals surface area (Å²) in [4.78, 5) is 13.3. The molecule has 90 valence electrons. The van der Waals surface area contributed by atoms with Gasteiger partial charge in [-0.1, -0.05) is 11.6 Å². The molecule has 0 aliphatic rings. The van der Waals surface area contributed by atoms with Crippen LogP contribution in [0.4, 0.5) is 11.5 Å². The normalized spacial score (nSPS) is 10.6. The second kappa shape index (κ2) is 4.94. The maximum Gasteiger partial charge on any atom is 0.312 e. The smallest absolute Gasteiger partial charge is 0.261 e. The molecule has 0 aromatic carbocycles. The first-order valence-electron chi connectivity index (χ1n) is 4.04. The van der Waals surface area contributed by atoms with Crippen LogP contribution in [0.25, 0.3) is 0 Å².